The number of para-hydroxylation sites is 2. The third-order valence-corrected chi connectivity index (χ3v) is 5.35. The highest BCUT2D eigenvalue weighted by Crippen LogP contribution is 2.27. The van der Waals surface area contributed by atoms with E-state index in [2.05, 4.69) is 10.3 Å². The van der Waals surface area contributed by atoms with Crippen LogP contribution in [0.15, 0.2) is 29.1 Å². The van der Waals surface area contributed by atoms with Crippen LogP contribution in [0.5, 0.6) is 0 Å². The lowest BCUT2D eigenvalue weighted by atomic mass is 9.92. The summed E-state index contributed by atoms with van der Waals surface area (Å²) in [6.45, 7) is 3.89. The van der Waals surface area contributed by atoms with Crippen LogP contribution in [0.4, 0.5) is 0 Å². The number of aromatic nitrogens is 2. The van der Waals surface area contributed by atoms with Crippen LogP contribution in [0, 0.1) is 11.8 Å². The van der Waals surface area contributed by atoms with E-state index in [1.165, 1.54) is 0 Å². The van der Waals surface area contributed by atoms with Crippen molar-refractivity contribution in [1.82, 2.24) is 19.8 Å². The zero-order valence-corrected chi connectivity index (χ0v) is 13.1. The third kappa shape index (κ3) is 2.67. The van der Waals surface area contributed by atoms with E-state index in [9.17, 15) is 9.59 Å². The minimum atomic E-state index is -0.213. The van der Waals surface area contributed by atoms with Gasteiger partial charge in [-0.05, 0) is 49.9 Å². The molecule has 2 saturated heterocycles. The highest BCUT2D eigenvalue weighted by atomic mass is 16.2. The molecule has 0 radical (unpaired) electrons. The lowest BCUT2D eigenvalue weighted by Crippen LogP contribution is -2.37. The summed E-state index contributed by atoms with van der Waals surface area (Å²) in [6, 6.07) is 7.50. The quantitative estimate of drug-likeness (QED) is 0.861. The molecule has 2 aromatic rings. The van der Waals surface area contributed by atoms with Crippen LogP contribution in [0.3, 0.4) is 0 Å². The van der Waals surface area contributed by atoms with Gasteiger partial charge < -0.3 is 15.2 Å². The number of likely N-dealkylation sites (tertiary alicyclic amines) is 1. The van der Waals surface area contributed by atoms with Gasteiger partial charge in [-0.2, -0.15) is 0 Å². The molecule has 0 spiro atoms. The van der Waals surface area contributed by atoms with Crippen LogP contribution in [0.1, 0.15) is 12.8 Å². The fourth-order valence-corrected chi connectivity index (χ4v) is 3.97. The first kappa shape index (κ1) is 14.5. The minimum Gasteiger partial charge on any atom is -0.341 e. The Balaban J connectivity index is 1.51. The maximum Gasteiger partial charge on any atom is 0.326 e. The second kappa shape index (κ2) is 5.85. The number of H-pyrrole nitrogens is 1. The van der Waals surface area contributed by atoms with E-state index in [1.54, 1.807) is 4.57 Å². The number of carbonyl (C=O) groups is 1. The average Bonchev–Trinajstić information content (AvgIpc) is 3.06. The van der Waals surface area contributed by atoms with Crippen molar-refractivity contribution >= 4 is 16.9 Å². The van der Waals surface area contributed by atoms with E-state index in [-0.39, 0.29) is 18.1 Å². The lowest BCUT2D eigenvalue weighted by molar-refractivity contribution is -0.131. The summed E-state index contributed by atoms with van der Waals surface area (Å²) in [6.07, 6.45) is 2.12. The first-order valence-electron chi connectivity index (χ1n) is 8.38. The van der Waals surface area contributed by atoms with Gasteiger partial charge in [0, 0.05) is 13.1 Å². The number of fused-ring (bicyclic) bond motifs is 2. The molecule has 2 fully saturated rings. The molecule has 1 aromatic carbocycles. The summed E-state index contributed by atoms with van der Waals surface area (Å²) in [4.78, 5) is 29.5. The highest BCUT2D eigenvalue weighted by molar-refractivity contribution is 5.80. The number of benzene rings is 1. The molecule has 2 aliphatic heterocycles. The third-order valence-electron chi connectivity index (χ3n) is 5.35. The van der Waals surface area contributed by atoms with Gasteiger partial charge >= 0.3 is 5.69 Å². The van der Waals surface area contributed by atoms with Crippen LogP contribution in [0.2, 0.25) is 0 Å². The number of imidazole rings is 1. The van der Waals surface area contributed by atoms with Crippen molar-refractivity contribution in [1.29, 1.82) is 0 Å². The molecular weight excluding hydrogens is 292 g/mol. The zero-order valence-electron chi connectivity index (χ0n) is 13.1. The molecule has 2 atom stereocenters. The summed E-state index contributed by atoms with van der Waals surface area (Å²) in [7, 11) is 0. The molecule has 1 amide bonds. The van der Waals surface area contributed by atoms with Gasteiger partial charge in [-0.25, -0.2) is 4.79 Å². The van der Waals surface area contributed by atoms with Gasteiger partial charge in [0.2, 0.25) is 5.91 Å². The number of nitrogens with zero attached hydrogens (tertiary/aromatic N) is 2. The fourth-order valence-electron chi connectivity index (χ4n) is 3.97. The summed E-state index contributed by atoms with van der Waals surface area (Å²) < 4.78 is 1.55. The Morgan fingerprint density at radius 3 is 2.57 bits per heavy atom. The Morgan fingerprint density at radius 2 is 1.83 bits per heavy atom. The van der Waals surface area contributed by atoms with Gasteiger partial charge in [0.25, 0.3) is 0 Å². The van der Waals surface area contributed by atoms with Gasteiger partial charge in [-0.1, -0.05) is 12.1 Å². The number of rotatable bonds is 2. The SMILES string of the molecule is O=C(Cn1c(=O)[nH]c2ccccc21)N1CC[C@@H]2CNC[C@@H]2CC1. The van der Waals surface area contributed by atoms with Crippen LogP contribution in [-0.4, -0.2) is 46.5 Å². The molecule has 23 heavy (non-hydrogen) atoms. The van der Waals surface area contributed by atoms with Gasteiger partial charge in [0.1, 0.15) is 6.54 Å². The molecule has 4 rings (SSSR count). The van der Waals surface area contributed by atoms with Crippen molar-refractivity contribution in [3.05, 3.63) is 34.7 Å². The molecule has 0 bridgehead atoms. The number of hydrogen-bond donors (Lipinski definition) is 2. The molecule has 2 aliphatic rings. The van der Waals surface area contributed by atoms with Crippen molar-refractivity contribution in [2.75, 3.05) is 26.2 Å². The molecule has 0 unspecified atom stereocenters. The van der Waals surface area contributed by atoms with Crippen LogP contribution in [-0.2, 0) is 11.3 Å². The molecule has 0 aliphatic carbocycles. The Bertz CT molecular complexity index is 764. The molecule has 2 N–H and O–H groups in total. The zero-order chi connectivity index (χ0) is 15.8. The number of carbonyl (C=O) groups excluding carboxylic acids is 1. The molecule has 1 aromatic heterocycles. The molecular formula is C17H22N4O2. The van der Waals surface area contributed by atoms with Gasteiger partial charge in [-0.15, -0.1) is 0 Å². The number of nitrogens with one attached hydrogen (secondary N) is 2. The second-order valence-corrected chi connectivity index (χ2v) is 6.67. The van der Waals surface area contributed by atoms with Crippen molar-refractivity contribution in [2.24, 2.45) is 11.8 Å². The number of hydrogen-bond acceptors (Lipinski definition) is 3. The normalized spacial score (nSPS) is 24.6. The van der Waals surface area contributed by atoms with E-state index in [0.717, 1.165) is 50.1 Å². The predicted molar refractivity (Wildman–Crippen MR) is 88.2 cm³/mol. The lowest BCUT2D eigenvalue weighted by Gasteiger charge is -2.21. The topological polar surface area (TPSA) is 70.1 Å². The fraction of sp³-hybridized carbons (Fsp3) is 0.529. The van der Waals surface area contributed by atoms with Crippen LogP contribution < -0.4 is 11.0 Å². The standard InChI is InChI=1S/C17H22N4O2/c22-16(20-7-5-12-9-18-10-13(12)6-8-20)11-21-15-4-2-1-3-14(15)19-17(21)23/h1-4,12-13,18H,5-11H2,(H,19,23)/t12-,13+. The van der Waals surface area contributed by atoms with E-state index in [0.29, 0.717) is 11.8 Å². The maximum absolute atomic E-state index is 12.7. The largest absolute Gasteiger partial charge is 0.341 e. The van der Waals surface area contributed by atoms with E-state index in [1.807, 2.05) is 29.2 Å². The minimum absolute atomic E-state index is 0.0461. The van der Waals surface area contributed by atoms with E-state index in [4.69, 9.17) is 0 Å². The second-order valence-electron chi connectivity index (χ2n) is 6.67. The monoisotopic (exact) mass is 314 g/mol. The Kier molecular flexibility index (Phi) is 3.69. The average molecular weight is 314 g/mol. The van der Waals surface area contributed by atoms with E-state index < -0.39 is 0 Å². The van der Waals surface area contributed by atoms with Gasteiger partial charge in [-0.3, -0.25) is 9.36 Å². The molecule has 6 nitrogen and oxygen atoms in total. The first-order chi connectivity index (χ1) is 11.2. The van der Waals surface area contributed by atoms with Crippen molar-refractivity contribution in [3.63, 3.8) is 0 Å². The molecule has 0 saturated carbocycles. The first-order valence-corrected chi connectivity index (χ1v) is 8.38. The number of amides is 1. The van der Waals surface area contributed by atoms with Gasteiger partial charge in [0.15, 0.2) is 0 Å². The Labute approximate surface area is 134 Å². The van der Waals surface area contributed by atoms with Crippen molar-refractivity contribution in [3.8, 4) is 0 Å². The van der Waals surface area contributed by atoms with E-state index >= 15 is 0 Å². The van der Waals surface area contributed by atoms with Crippen molar-refractivity contribution < 1.29 is 4.79 Å². The highest BCUT2D eigenvalue weighted by Gasteiger charge is 2.31. The maximum atomic E-state index is 12.7. The molecule has 3 heterocycles. The van der Waals surface area contributed by atoms with Crippen LogP contribution >= 0.6 is 0 Å². The van der Waals surface area contributed by atoms with Crippen LogP contribution in [0.25, 0.3) is 11.0 Å². The summed E-state index contributed by atoms with van der Waals surface area (Å²) >= 11 is 0. The Hall–Kier alpha value is -2.08. The summed E-state index contributed by atoms with van der Waals surface area (Å²) in [5.74, 6) is 1.44. The molecule has 6 heteroatoms. The number of aromatic amines is 1. The molecule has 122 valence electrons. The smallest absolute Gasteiger partial charge is 0.326 e. The predicted octanol–water partition coefficient (Wildman–Crippen LogP) is 0.788. The Morgan fingerprint density at radius 1 is 1.13 bits per heavy atom. The summed E-state index contributed by atoms with van der Waals surface area (Å²) in [5.41, 5.74) is 1.36. The van der Waals surface area contributed by atoms with Crippen molar-refractivity contribution in [2.45, 2.75) is 19.4 Å². The summed E-state index contributed by atoms with van der Waals surface area (Å²) in [5, 5.41) is 3.45. The van der Waals surface area contributed by atoms with Gasteiger partial charge in [0.05, 0.1) is 11.0 Å².